The highest BCUT2D eigenvalue weighted by molar-refractivity contribution is 4.68. The van der Waals surface area contributed by atoms with Crippen molar-refractivity contribution in [3.63, 3.8) is 0 Å². The SMILES string of the molecule is C1CCC1.CCC.CCC1CCC(C)CC1. The molecule has 98 valence electrons. The van der Waals surface area contributed by atoms with E-state index >= 15 is 0 Å². The van der Waals surface area contributed by atoms with E-state index in [0.29, 0.717) is 0 Å². The van der Waals surface area contributed by atoms with Gasteiger partial charge in [-0.2, -0.15) is 0 Å². The summed E-state index contributed by atoms with van der Waals surface area (Å²) in [7, 11) is 0. The lowest BCUT2D eigenvalue weighted by Crippen LogP contribution is -2.10. The van der Waals surface area contributed by atoms with Gasteiger partial charge < -0.3 is 0 Å². The lowest BCUT2D eigenvalue weighted by molar-refractivity contribution is 0.284. The Morgan fingerprint density at radius 3 is 1.38 bits per heavy atom. The lowest BCUT2D eigenvalue weighted by atomic mass is 9.82. The van der Waals surface area contributed by atoms with Crippen molar-refractivity contribution >= 4 is 0 Å². The monoisotopic (exact) mass is 226 g/mol. The maximum atomic E-state index is 2.38. The Hall–Kier alpha value is 0. The van der Waals surface area contributed by atoms with Crippen LogP contribution in [0.25, 0.3) is 0 Å². The van der Waals surface area contributed by atoms with E-state index in [1.54, 1.807) is 0 Å². The lowest BCUT2D eigenvalue weighted by Gasteiger charge is -2.24. The average molecular weight is 226 g/mol. The normalized spacial score (nSPS) is 27.8. The molecule has 0 aromatic rings. The second kappa shape index (κ2) is 11.5. The molecule has 0 heterocycles. The Morgan fingerprint density at radius 1 is 0.750 bits per heavy atom. The molecule has 2 saturated carbocycles. The molecule has 0 nitrogen and oxygen atoms in total. The average Bonchev–Trinajstić information content (AvgIpc) is 2.17. The molecule has 0 bridgehead atoms. The van der Waals surface area contributed by atoms with E-state index in [1.165, 1.54) is 64.2 Å². The van der Waals surface area contributed by atoms with Gasteiger partial charge in [0.05, 0.1) is 0 Å². The molecular weight excluding hydrogens is 192 g/mol. The van der Waals surface area contributed by atoms with Crippen LogP contribution in [-0.4, -0.2) is 0 Å². The molecule has 2 aliphatic carbocycles. The third-order valence-electron chi connectivity index (χ3n) is 3.71. The van der Waals surface area contributed by atoms with Gasteiger partial charge in [0.1, 0.15) is 0 Å². The molecule has 0 aromatic heterocycles. The number of rotatable bonds is 1. The van der Waals surface area contributed by atoms with Crippen LogP contribution in [0.1, 0.15) is 91.9 Å². The van der Waals surface area contributed by atoms with Crippen molar-refractivity contribution in [2.45, 2.75) is 91.9 Å². The van der Waals surface area contributed by atoms with E-state index in [4.69, 9.17) is 0 Å². The Balaban J connectivity index is 0.000000266. The molecule has 0 unspecified atom stereocenters. The van der Waals surface area contributed by atoms with Crippen LogP contribution in [-0.2, 0) is 0 Å². The Morgan fingerprint density at radius 2 is 1.12 bits per heavy atom. The maximum Gasteiger partial charge on any atom is -0.0417 e. The highest BCUT2D eigenvalue weighted by Crippen LogP contribution is 2.29. The molecule has 0 aromatic carbocycles. The standard InChI is InChI=1S/C9H18.C4H8.C3H8/c1-3-9-6-4-8(2)5-7-9;1-2-4-3-1;1-3-2/h8-9H,3-7H2,1-2H3;1-4H2;3H2,1-2H3. The molecule has 0 aliphatic heterocycles. The van der Waals surface area contributed by atoms with Crippen LogP contribution in [0.5, 0.6) is 0 Å². The summed E-state index contributed by atoms with van der Waals surface area (Å²) in [5.41, 5.74) is 0. The topological polar surface area (TPSA) is 0 Å². The van der Waals surface area contributed by atoms with E-state index in [0.717, 1.165) is 11.8 Å². The van der Waals surface area contributed by atoms with Gasteiger partial charge in [-0.1, -0.05) is 91.9 Å². The molecule has 2 rings (SSSR count). The summed E-state index contributed by atoms with van der Waals surface area (Å²) in [5, 5.41) is 0. The van der Waals surface area contributed by atoms with Crippen LogP contribution in [0.15, 0.2) is 0 Å². The molecule has 2 fully saturated rings. The first-order valence-corrected chi connectivity index (χ1v) is 7.74. The zero-order chi connectivity index (χ0) is 12.2. The molecule has 2 aliphatic rings. The second-order valence-corrected chi connectivity index (χ2v) is 5.66. The summed E-state index contributed by atoms with van der Waals surface area (Å²) < 4.78 is 0. The van der Waals surface area contributed by atoms with Crippen molar-refractivity contribution in [1.29, 1.82) is 0 Å². The van der Waals surface area contributed by atoms with E-state index in [9.17, 15) is 0 Å². The predicted octanol–water partition coefficient (Wildman–Crippen LogP) is 6.20. The first-order valence-electron chi connectivity index (χ1n) is 7.74. The minimum atomic E-state index is 1.02. The maximum absolute atomic E-state index is 2.38. The van der Waals surface area contributed by atoms with Gasteiger partial charge >= 0.3 is 0 Å². The van der Waals surface area contributed by atoms with Crippen LogP contribution in [0.3, 0.4) is 0 Å². The fraction of sp³-hybridized carbons (Fsp3) is 1.00. The van der Waals surface area contributed by atoms with E-state index < -0.39 is 0 Å². The van der Waals surface area contributed by atoms with E-state index in [-0.39, 0.29) is 0 Å². The summed E-state index contributed by atoms with van der Waals surface area (Å²) in [6, 6.07) is 0. The minimum Gasteiger partial charge on any atom is -0.0656 e. The molecule has 0 atom stereocenters. The molecule has 0 heteroatoms. The highest BCUT2D eigenvalue weighted by atomic mass is 14.2. The molecule has 16 heavy (non-hydrogen) atoms. The first-order chi connectivity index (χ1) is 7.74. The molecule has 0 spiro atoms. The first kappa shape index (κ1) is 16.0. The van der Waals surface area contributed by atoms with Gasteiger partial charge in [0.25, 0.3) is 0 Å². The van der Waals surface area contributed by atoms with Gasteiger partial charge in [0.15, 0.2) is 0 Å². The molecule has 0 saturated heterocycles. The van der Waals surface area contributed by atoms with E-state index in [2.05, 4.69) is 27.7 Å². The smallest absolute Gasteiger partial charge is 0.0417 e. The van der Waals surface area contributed by atoms with Crippen molar-refractivity contribution < 1.29 is 0 Å². The third-order valence-corrected chi connectivity index (χ3v) is 3.71. The van der Waals surface area contributed by atoms with Crippen molar-refractivity contribution in [2.24, 2.45) is 11.8 Å². The Kier molecular flexibility index (Phi) is 11.5. The number of hydrogen-bond acceptors (Lipinski definition) is 0. The van der Waals surface area contributed by atoms with Gasteiger partial charge in [-0.15, -0.1) is 0 Å². The van der Waals surface area contributed by atoms with Crippen molar-refractivity contribution in [3.05, 3.63) is 0 Å². The largest absolute Gasteiger partial charge is 0.0656 e. The van der Waals surface area contributed by atoms with Gasteiger partial charge in [0, 0.05) is 0 Å². The Bertz CT molecular complexity index is 112. The summed E-state index contributed by atoms with van der Waals surface area (Å²) in [6.07, 6.45) is 14.6. The predicted molar refractivity (Wildman–Crippen MR) is 75.8 cm³/mol. The van der Waals surface area contributed by atoms with Crippen LogP contribution in [0, 0.1) is 11.8 Å². The summed E-state index contributed by atoms with van der Waals surface area (Å²) >= 11 is 0. The van der Waals surface area contributed by atoms with Gasteiger partial charge in [0.2, 0.25) is 0 Å². The second-order valence-electron chi connectivity index (χ2n) is 5.66. The molecule has 0 amide bonds. The molecule has 0 N–H and O–H groups in total. The van der Waals surface area contributed by atoms with Gasteiger partial charge in [-0.3, -0.25) is 0 Å². The van der Waals surface area contributed by atoms with Crippen molar-refractivity contribution in [1.82, 2.24) is 0 Å². The van der Waals surface area contributed by atoms with Crippen LogP contribution < -0.4 is 0 Å². The number of hydrogen-bond donors (Lipinski definition) is 0. The zero-order valence-electron chi connectivity index (χ0n) is 12.2. The summed E-state index contributed by atoms with van der Waals surface area (Å²) in [5.74, 6) is 2.09. The quantitative estimate of drug-likeness (QED) is 0.499. The van der Waals surface area contributed by atoms with Crippen LogP contribution in [0.2, 0.25) is 0 Å². The van der Waals surface area contributed by atoms with E-state index in [1.807, 2.05) is 0 Å². The van der Waals surface area contributed by atoms with Crippen molar-refractivity contribution in [2.75, 3.05) is 0 Å². The van der Waals surface area contributed by atoms with Crippen LogP contribution >= 0.6 is 0 Å². The van der Waals surface area contributed by atoms with Gasteiger partial charge in [-0.25, -0.2) is 0 Å². The molecular formula is C16H34. The van der Waals surface area contributed by atoms with Crippen molar-refractivity contribution in [3.8, 4) is 0 Å². The van der Waals surface area contributed by atoms with Gasteiger partial charge in [-0.05, 0) is 11.8 Å². The molecule has 0 radical (unpaired) electrons. The third kappa shape index (κ3) is 9.24. The highest BCUT2D eigenvalue weighted by Gasteiger charge is 2.15. The fourth-order valence-corrected chi connectivity index (χ4v) is 1.99. The fourth-order valence-electron chi connectivity index (χ4n) is 1.99. The Labute approximate surface area is 104 Å². The summed E-state index contributed by atoms with van der Waals surface area (Å²) in [4.78, 5) is 0. The zero-order valence-corrected chi connectivity index (χ0v) is 12.2. The summed E-state index contributed by atoms with van der Waals surface area (Å²) in [6.45, 7) is 8.95. The minimum absolute atomic E-state index is 1.02. The van der Waals surface area contributed by atoms with Crippen LogP contribution in [0.4, 0.5) is 0 Å².